The van der Waals surface area contributed by atoms with Gasteiger partial charge in [0.25, 0.3) is 0 Å². The van der Waals surface area contributed by atoms with Crippen LogP contribution in [-0.2, 0) is 19.5 Å². The molecule has 0 aromatic heterocycles. The van der Waals surface area contributed by atoms with Gasteiger partial charge >= 0.3 is 0 Å². The average molecular weight is 508 g/mol. The highest BCUT2D eigenvalue weighted by atomic mass is 127. The van der Waals surface area contributed by atoms with Crippen molar-refractivity contribution in [3.8, 4) is 5.75 Å². The van der Waals surface area contributed by atoms with E-state index in [0.717, 1.165) is 37.8 Å². The lowest BCUT2D eigenvalue weighted by atomic mass is 10.1. The maximum atomic E-state index is 5.28. The quantitative estimate of drug-likeness (QED) is 0.324. The predicted molar refractivity (Wildman–Crippen MR) is 131 cm³/mol. The Balaban J connectivity index is 0.00000300. The molecule has 158 valence electrons. The van der Waals surface area contributed by atoms with Gasteiger partial charge in [0.15, 0.2) is 5.96 Å². The number of ether oxygens (including phenoxy) is 1. The van der Waals surface area contributed by atoms with E-state index in [4.69, 9.17) is 4.74 Å². The number of hydrogen-bond donors (Lipinski definition) is 2. The number of likely N-dealkylation sites (tertiary alicyclic amines) is 1. The molecule has 3 rings (SSSR count). The Morgan fingerprint density at radius 2 is 1.72 bits per heavy atom. The molecule has 0 spiro atoms. The monoisotopic (exact) mass is 508 g/mol. The van der Waals surface area contributed by atoms with E-state index >= 15 is 0 Å². The molecule has 1 aliphatic heterocycles. The van der Waals surface area contributed by atoms with Crippen LogP contribution in [0.15, 0.2) is 53.5 Å². The lowest BCUT2D eigenvalue weighted by Crippen LogP contribution is -2.37. The number of aliphatic imine (C=N–C) groups is 1. The Kier molecular flexibility index (Phi) is 10.3. The Hall–Kier alpha value is -1.80. The second-order valence-electron chi connectivity index (χ2n) is 7.25. The number of guanidine groups is 1. The fraction of sp³-hybridized carbons (Fsp3) is 0.435. The summed E-state index contributed by atoms with van der Waals surface area (Å²) in [5.74, 6) is 1.72. The molecule has 0 atom stereocenters. The Labute approximate surface area is 192 Å². The summed E-state index contributed by atoms with van der Waals surface area (Å²) in [5.41, 5.74) is 3.91. The third kappa shape index (κ3) is 7.85. The second-order valence-corrected chi connectivity index (χ2v) is 7.25. The van der Waals surface area contributed by atoms with E-state index in [-0.39, 0.29) is 24.0 Å². The van der Waals surface area contributed by atoms with Crippen LogP contribution in [0.5, 0.6) is 5.75 Å². The van der Waals surface area contributed by atoms with Gasteiger partial charge in [-0.15, -0.1) is 24.0 Å². The topological polar surface area (TPSA) is 48.9 Å². The molecule has 2 N–H and O–H groups in total. The first-order chi connectivity index (χ1) is 13.8. The van der Waals surface area contributed by atoms with Crippen molar-refractivity contribution in [3.63, 3.8) is 0 Å². The normalized spacial score (nSPS) is 14.3. The van der Waals surface area contributed by atoms with Crippen LogP contribution in [0.25, 0.3) is 0 Å². The summed E-state index contributed by atoms with van der Waals surface area (Å²) in [6.07, 6.45) is 3.60. The summed E-state index contributed by atoms with van der Waals surface area (Å²) >= 11 is 0. The van der Waals surface area contributed by atoms with Crippen molar-refractivity contribution in [2.24, 2.45) is 4.99 Å². The standard InChI is InChI=1S/C23H32N4O.HI/c1-24-23(25-13-12-19-6-5-7-22(16-19)28-2)26-17-20-8-10-21(11-9-20)18-27-14-3-4-15-27;/h5-11,16H,3-4,12-15,17-18H2,1-2H3,(H2,24,25,26);1H. The van der Waals surface area contributed by atoms with E-state index in [0.29, 0.717) is 0 Å². The lowest BCUT2D eigenvalue weighted by molar-refractivity contribution is 0.331. The number of nitrogens with zero attached hydrogens (tertiary/aromatic N) is 2. The Morgan fingerprint density at radius 3 is 2.41 bits per heavy atom. The molecule has 29 heavy (non-hydrogen) atoms. The molecule has 0 amide bonds. The van der Waals surface area contributed by atoms with Crippen LogP contribution >= 0.6 is 24.0 Å². The van der Waals surface area contributed by atoms with E-state index < -0.39 is 0 Å². The van der Waals surface area contributed by atoms with Crippen molar-refractivity contribution in [2.75, 3.05) is 33.8 Å². The molecule has 5 nitrogen and oxygen atoms in total. The molecule has 1 fully saturated rings. The zero-order valence-electron chi connectivity index (χ0n) is 17.5. The van der Waals surface area contributed by atoms with Crippen molar-refractivity contribution in [3.05, 3.63) is 65.2 Å². The molecule has 2 aromatic carbocycles. The van der Waals surface area contributed by atoms with Crippen molar-refractivity contribution >= 4 is 29.9 Å². The van der Waals surface area contributed by atoms with E-state index in [1.54, 1.807) is 14.2 Å². The van der Waals surface area contributed by atoms with E-state index in [2.05, 4.69) is 56.9 Å². The first kappa shape index (κ1) is 23.5. The van der Waals surface area contributed by atoms with Gasteiger partial charge in [0.2, 0.25) is 0 Å². The highest BCUT2D eigenvalue weighted by Gasteiger charge is 2.11. The maximum Gasteiger partial charge on any atom is 0.191 e. The van der Waals surface area contributed by atoms with Crippen LogP contribution in [0.4, 0.5) is 0 Å². The van der Waals surface area contributed by atoms with Crippen LogP contribution in [0, 0.1) is 0 Å². The largest absolute Gasteiger partial charge is 0.497 e. The van der Waals surface area contributed by atoms with Gasteiger partial charge in [0, 0.05) is 26.7 Å². The van der Waals surface area contributed by atoms with Gasteiger partial charge in [-0.1, -0.05) is 36.4 Å². The lowest BCUT2D eigenvalue weighted by Gasteiger charge is -2.15. The van der Waals surface area contributed by atoms with Crippen LogP contribution in [0.2, 0.25) is 0 Å². The van der Waals surface area contributed by atoms with Crippen molar-refractivity contribution in [1.29, 1.82) is 0 Å². The van der Waals surface area contributed by atoms with Crippen LogP contribution in [0.1, 0.15) is 29.5 Å². The molecule has 0 bridgehead atoms. The number of benzene rings is 2. The molecule has 1 saturated heterocycles. The fourth-order valence-electron chi connectivity index (χ4n) is 3.52. The third-order valence-electron chi connectivity index (χ3n) is 5.15. The van der Waals surface area contributed by atoms with Gasteiger partial charge in [-0.05, 0) is 61.2 Å². The minimum atomic E-state index is 0. The van der Waals surface area contributed by atoms with Crippen molar-refractivity contribution in [2.45, 2.75) is 32.4 Å². The molecule has 1 aliphatic rings. The van der Waals surface area contributed by atoms with Crippen molar-refractivity contribution < 1.29 is 4.74 Å². The highest BCUT2D eigenvalue weighted by Crippen LogP contribution is 2.14. The molecule has 0 saturated carbocycles. The molecule has 6 heteroatoms. The van der Waals surface area contributed by atoms with Gasteiger partial charge < -0.3 is 15.4 Å². The van der Waals surface area contributed by atoms with Gasteiger partial charge in [0.1, 0.15) is 5.75 Å². The molecule has 0 unspecified atom stereocenters. The van der Waals surface area contributed by atoms with E-state index in [9.17, 15) is 0 Å². The summed E-state index contributed by atoms with van der Waals surface area (Å²) in [5, 5.41) is 6.77. The fourth-order valence-corrected chi connectivity index (χ4v) is 3.52. The first-order valence-corrected chi connectivity index (χ1v) is 10.1. The van der Waals surface area contributed by atoms with E-state index in [1.807, 2.05) is 12.1 Å². The number of hydrogen-bond acceptors (Lipinski definition) is 3. The van der Waals surface area contributed by atoms with Gasteiger partial charge in [-0.2, -0.15) is 0 Å². The van der Waals surface area contributed by atoms with Gasteiger partial charge in [-0.25, -0.2) is 0 Å². The zero-order chi connectivity index (χ0) is 19.6. The first-order valence-electron chi connectivity index (χ1n) is 10.1. The van der Waals surface area contributed by atoms with E-state index in [1.165, 1.54) is 42.6 Å². The summed E-state index contributed by atoms with van der Waals surface area (Å²) in [6, 6.07) is 17.1. The summed E-state index contributed by atoms with van der Waals surface area (Å²) in [6.45, 7) is 5.13. The van der Waals surface area contributed by atoms with Gasteiger partial charge in [-0.3, -0.25) is 9.89 Å². The predicted octanol–water partition coefficient (Wildman–Crippen LogP) is 3.82. The van der Waals surface area contributed by atoms with Crippen LogP contribution in [0.3, 0.4) is 0 Å². The number of methoxy groups -OCH3 is 1. The molecule has 2 aromatic rings. The smallest absolute Gasteiger partial charge is 0.191 e. The molecule has 0 radical (unpaired) electrons. The molecule has 1 heterocycles. The van der Waals surface area contributed by atoms with Gasteiger partial charge in [0.05, 0.1) is 7.11 Å². The summed E-state index contributed by atoms with van der Waals surface area (Å²) in [7, 11) is 3.50. The maximum absolute atomic E-state index is 5.28. The number of nitrogens with one attached hydrogen (secondary N) is 2. The third-order valence-corrected chi connectivity index (χ3v) is 5.15. The molecular formula is C23H33IN4O. The minimum Gasteiger partial charge on any atom is -0.497 e. The highest BCUT2D eigenvalue weighted by molar-refractivity contribution is 14.0. The van der Waals surface area contributed by atoms with Crippen LogP contribution in [-0.4, -0.2) is 44.7 Å². The average Bonchev–Trinajstić information content (AvgIpc) is 3.25. The number of halogens is 1. The van der Waals surface area contributed by atoms with Crippen molar-refractivity contribution in [1.82, 2.24) is 15.5 Å². The Bertz CT molecular complexity index is 758. The second kappa shape index (κ2) is 12.7. The minimum absolute atomic E-state index is 0. The summed E-state index contributed by atoms with van der Waals surface area (Å²) < 4.78 is 5.28. The molecule has 0 aliphatic carbocycles. The SMILES string of the molecule is CN=C(NCCc1cccc(OC)c1)NCc1ccc(CN2CCCC2)cc1.I. The molecular weight excluding hydrogens is 475 g/mol. The van der Waals surface area contributed by atoms with Crippen LogP contribution < -0.4 is 15.4 Å². The number of rotatable bonds is 8. The zero-order valence-corrected chi connectivity index (χ0v) is 19.8. The Morgan fingerprint density at radius 1 is 1.00 bits per heavy atom. The summed E-state index contributed by atoms with van der Waals surface area (Å²) in [4.78, 5) is 6.85.